The van der Waals surface area contributed by atoms with Gasteiger partial charge in [-0.25, -0.2) is 4.79 Å². The highest BCUT2D eigenvalue weighted by Gasteiger charge is 2.28. The van der Waals surface area contributed by atoms with Crippen molar-refractivity contribution < 1.29 is 19.7 Å². The Hall–Kier alpha value is -2.41. The average molecular weight is 429 g/mol. The molecule has 0 heterocycles. The summed E-state index contributed by atoms with van der Waals surface area (Å²) in [5.41, 5.74) is 1.50. The minimum absolute atomic E-state index is 0.367. The number of ether oxygens (including phenoxy) is 1. The van der Waals surface area contributed by atoms with Crippen LogP contribution in [0.4, 0.5) is 4.79 Å². The Balaban J connectivity index is 2.10. The van der Waals surface area contributed by atoms with Crippen LogP contribution in [0.15, 0.2) is 60.7 Å². The number of amides is 1. The summed E-state index contributed by atoms with van der Waals surface area (Å²) in [5, 5.41) is 27.2. The maximum atomic E-state index is 12.4. The second kappa shape index (κ2) is 11.8. The zero-order chi connectivity index (χ0) is 22.9. The molecule has 31 heavy (non-hydrogen) atoms. The van der Waals surface area contributed by atoms with Crippen molar-refractivity contribution in [2.24, 2.45) is 0 Å². The molecule has 0 aliphatic carbocycles. The van der Waals surface area contributed by atoms with Crippen molar-refractivity contribution in [1.29, 1.82) is 0 Å². The summed E-state index contributed by atoms with van der Waals surface area (Å²) in [6.45, 7) is 7.06. The SMILES string of the molecule is CC(O)C(Cc1ccccc1)NC(NC(=O)OC(C)(C)C)C(O)CCc1ccccc1. The van der Waals surface area contributed by atoms with E-state index in [1.54, 1.807) is 27.7 Å². The minimum atomic E-state index is -0.871. The number of aryl methyl sites for hydroxylation is 1. The van der Waals surface area contributed by atoms with Crippen LogP contribution in [0, 0.1) is 0 Å². The maximum absolute atomic E-state index is 12.4. The summed E-state index contributed by atoms with van der Waals surface area (Å²) in [4.78, 5) is 12.4. The van der Waals surface area contributed by atoms with Crippen molar-refractivity contribution >= 4 is 6.09 Å². The number of alkyl carbamates (subject to hydrolysis) is 1. The van der Waals surface area contributed by atoms with Crippen LogP contribution in [-0.4, -0.2) is 46.3 Å². The van der Waals surface area contributed by atoms with Gasteiger partial charge in [-0.3, -0.25) is 5.32 Å². The molecule has 0 saturated heterocycles. The lowest BCUT2D eigenvalue weighted by Crippen LogP contribution is -2.59. The molecule has 1 amide bonds. The molecule has 0 radical (unpaired) electrons. The fraction of sp³-hybridized carbons (Fsp3) is 0.480. The predicted molar refractivity (Wildman–Crippen MR) is 123 cm³/mol. The highest BCUT2D eigenvalue weighted by atomic mass is 16.6. The number of aliphatic hydroxyl groups is 2. The molecular weight excluding hydrogens is 392 g/mol. The summed E-state index contributed by atoms with van der Waals surface area (Å²) in [7, 11) is 0. The highest BCUT2D eigenvalue weighted by Crippen LogP contribution is 2.12. The summed E-state index contributed by atoms with van der Waals surface area (Å²) in [6.07, 6.45) is -1.30. The van der Waals surface area contributed by atoms with Gasteiger partial charge < -0.3 is 20.3 Å². The minimum Gasteiger partial charge on any atom is -0.444 e. The molecule has 0 aliphatic rings. The number of hydrogen-bond donors (Lipinski definition) is 4. The van der Waals surface area contributed by atoms with Gasteiger partial charge in [-0.15, -0.1) is 0 Å². The van der Waals surface area contributed by atoms with Gasteiger partial charge in [-0.05, 0) is 58.1 Å². The van der Waals surface area contributed by atoms with Crippen molar-refractivity contribution in [3.8, 4) is 0 Å². The van der Waals surface area contributed by atoms with Gasteiger partial charge >= 0.3 is 6.09 Å². The molecule has 2 aromatic carbocycles. The third kappa shape index (κ3) is 9.51. The van der Waals surface area contributed by atoms with Gasteiger partial charge in [0.1, 0.15) is 11.8 Å². The van der Waals surface area contributed by atoms with Crippen LogP contribution in [0.5, 0.6) is 0 Å². The molecule has 0 saturated carbocycles. The van der Waals surface area contributed by atoms with E-state index < -0.39 is 30.1 Å². The molecule has 2 rings (SSSR count). The molecule has 2 aromatic rings. The predicted octanol–water partition coefficient (Wildman–Crippen LogP) is 3.41. The van der Waals surface area contributed by atoms with Crippen LogP contribution < -0.4 is 10.6 Å². The molecule has 0 fully saturated rings. The molecule has 4 N–H and O–H groups in total. The zero-order valence-electron chi connectivity index (χ0n) is 18.9. The van der Waals surface area contributed by atoms with E-state index in [0.717, 1.165) is 11.1 Å². The van der Waals surface area contributed by atoms with Gasteiger partial charge in [0.15, 0.2) is 0 Å². The lowest BCUT2D eigenvalue weighted by Gasteiger charge is -2.32. The van der Waals surface area contributed by atoms with E-state index in [9.17, 15) is 15.0 Å². The van der Waals surface area contributed by atoms with Gasteiger partial charge in [-0.1, -0.05) is 60.7 Å². The number of aliphatic hydroxyl groups excluding tert-OH is 2. The highest BCUT2D eigenvalue weighted by molar-refractivity contribution is 5.68. The smallest absolute Gasteiger partial charge is 0.408 e. The maximum Gasteiger partial charge on any atom is 0.408 e. The monoisotopic (exact) mass is 428 g/mol. The molecule has 6 heteroatoms. The second-order valence-electron chi connectivity index (χ2n) is 8.92. The molecule has 6 nitrogen and oxygen atoms in total. The van der Waals surface area contributed by atoms with Crippen molar-refractivity contribution in [2.75, 3.05) is 0 Å². The number of carbonyl (C=O) groups excluding carboxylic acids is 1. The lowest BCUT2D eigenvalue weighted by atomic mass is 10.00. The van der Waals surface area contributed by atoms with E-state index in [1.165, 1.54) is 0 Å². The second-order valence-corrected chi connectivity index (χ2v) is 8.92. The van der Waals surface area contributed by atoms with Crippen molar-refractivity contribution in [2.45, 2.75) is 77.0 Å². The Morgan fingerprint density at radius 3 is 2.03 bits per heavy atom. The van der Waals surface area contributed by atoms with Crippen LogP contribution in [0.3, 0.4) is 0 Å². The molecule has 0 aromatic heterocycles. The van der Waals surface area contributed by atoms with Crippen molar-refractivity contribution in [1.82, 2.24) is 10.6 Å². The topological polar surface area (TPSA) is 90.8 Å². The Kier molecular flexibility index (Phi) is 9.49. The Morgan fingerprint density at radius 1 is 0.968 bits per heavy atom. The van der Waals surface area contributed by atoms with Gasteiger partial charge in [0.25, 0.3) is 0 Å². The Labute approximate surface area is 185 Å². The number of rotatable bonds is 10. The largest absolute Gasteiger partial charge is 0.444 e. The third-order valence-corrected chi connectivity index (χ3v) is 4.90. The molecule has 4 unspecified atom stereocenters. The van der Waals surface area contributed by atoms with E-state index >= 15 is 0 Å². The zero-order valence-corrected chi connectivity index (χ0v) is 18.9. The summed E-state index contributed by atoms with van der Waals surface area (Å²) in [6, 6.07) is 19.3. The van der Waals surface area contributed by atoms with Gasteiger partial charge in [-0.2, -0.15) is 0 Å². The summed E-state index contributed by atoms with van der Waals surface area (Å²) in [5.74, 6) is 0. The fourth-order valence-electron chi connectivity index (χ4n) is 3.28. The third-order valence-electron chi connectivity index (χ3n) is 4.90. The standard InChI is InChI=1S/C25H36N2O4/c1-18(28)21(17-20-13-9-6-10-14-20)26-23(27-24(30)31-25(2,3)4)22(29)16-15-19-11-7-5-8-12-19/h5-14,18,21-23,26,28-29H,15-17H2,1-4H3,(H,27,30). The van der Waals surface area contributed by atoms with E-state index in [2.05, 4.69) is 10.6 Å². The first-order valence-corrected chi connectivity index (χ1v) is 10.8. The van der Waals surface area contributed by atoms with E-state index in [4.69, 9.17) is 4.74 Å². The molecular formula is C25H36N2O4. The lowest BCUT2D eigenvalue weighted by molar-refractivity contribution is 0.0313. The van der Waals surface area contributed by atoms with Crippen molar-refractivity contribution in [3.63, 3.8) is 0 Å². The van der Waals surface area contributed by atoms with Crippen LogP contribution in [-0.2, 0) is 17.6 Å². The fourth-order valence-corrected chi connectivity index (χ4v) is 3.28. The molecule has 0 bridgehead atoms. The van der Waals surface area contributed by atoms with E-state index in [0.29, 0.717) is 19.3 Å². The first-order valence-electron chi connectivity index (χ1n) is 10.8. The quantitative estimate of drug-likeness (QED) is 0.436. The van der Waals surface area contributed by atoms with Crippen LogP contribution >= 0.6 is 0 Å². The number of hydrogen-bond acceptors (Lipinski definition) is 5. The Morgan fingerprint density at radius 2 is 1.52 bits per heavy atom. The normalized spacial score (nSPS) is 15.5. The van der Waals surface area contributed by atoms with Gasteiger partial charge in [0.05, 0.1) is 12.2 Å². The van der Waals surface area contributed by atoms with Crippen molar-refractivity contribution in [3.05, 3.63) is 71.8 Å². The summed E-state index contributed by atoms with van der Waals surface area (Å²) >= 11 is 0. The molecule has 0 aliphatic heterocycles. The summed E-state index contributed by atoms with van der Waals surface area (Å²) < 4.78 is 5.38. The van der Waals surface area contributed by atoms with E-state index in [-0.39, 0.29) is 6.04 Å². The first-order chi connectivity index (χ1) is 14.6. The van der Waals surface area contributed by atoms with E-state index in [1.807, 2.05) is 60.7 Å². The Bertz CT molecular complexity index is 775. The van der Waals surface area contributed by atoms with Gasteiger partial charge in [0, 0.05) is 6.04 Å². The van der Waals surface area contributed by atoms with Gasteiger partial charge in [0.2, 0.25) is 0 Å². The van der Waals surface area contributed by atoms with Crippen LogP contribution in [0.2, 0.25) is 0 Å². The number of carbonyl (C=O) groups is 1. The molecule has 170 valence electrons. The van der Waals surface area contributed by atoms with Crippen LogP contribution in [0.1, 0.15) is 45.2 Å². The average Bonchev–Trinajstić information content (AvgIpc) is 2.71. The number of benzene rings is 2. The first kappa shape index (κ1) is 24.9. The molecule has 0 spiro atoms. The van der Waals surface area contributed by atoms with Crippen LogP contribution in [0.25, 0.3) is 0 Å². The number of nitrogens with one attached hydrogen (secondary N) is 2. The molecule has 4 atom stereocenters.